The predicted molar refractivity (Wildman–Crippen MR) is 66.1 cm³/mol. The summed E-state index contributed by atoms with van der Waals surface area (Å²) in [6, 6.07) is 2.80. The van der Waals surface area contributed by atoms with Crippen LogP contribution >= 0.6 is 11.6 Å². The normalized spacial score (nSPS) is 9.82. The third-order valence-corrected chi connectivity index (χ3v) is 2.27. The molecule has 0 atom stereocenters. The Morgan fingerprint density at radius 1 is 1.47 bits per heavy atom. The van der Waals surface area contributed by atoms with E-state index in [2.05, 4.69) is 5.32 Å². The highest BCUT2D eigenvalue weighted by Gasteiger charge is 2.15. The number of rotatable bonds is 3. The van der Waals surface area contributed by atoms with Gasteiger partial charge in [-0.1, -0.05) is 11.6 Å². The van der Waals surface area contributed by atoms with Gasteiger partial charge in [-0.3, -0.25) is 4.79 Å². The molecule has 0 radical (unpaired) electrons. The number of ether oxygens (including phenoxy) is 1. The standard InChI is InChI=1S/C11H13ClN2O3/c1-3-17-11(16)7-4-9(13)8(12)5-10(7)14-6(2)15/h4-5H,3,13H2,1-2H3,(H,14,15). The van der Waals surface area contributed by atoms with Crippen molar-refractivity contribution in [2.24, 2.45) is 0 Å². The highest BCUT2D eigenvalue weighted by atomic mass is 35.5. The lowest BCUT2D eigenvalue weighted by molar-refractivity contribution is -0.114. The Labute approximate surface area is 104 Å². The van der Waals surface area contributed by atoms with E-state index in [4.69, 9.17) is 22.1 Å². The van der Waals surface area contributed by atoms with Gasteiger partial charge >= 0.3 is 5.97 Å². The second-order valence-corrected chi connectivity index (χ2v) is 3.73. The summed E-state index contributed by atoms with van der Waals surface area (Å²) in [7, 11) is 0. The number of nitrogen functional groups attached to an aromatic ring is 1. The third kappa shape index (κ3) is 3.35. The van der Waals surface area contributed by atoms with Crippen LogP contribution in [0, 0.1) is 0 Å². The van der Waals surface area contributed by atoms with Crippen LogP contribution in [0.25, 0.3) is 0 Å². The Bertz CT molecular complexity index is 460. The van der Waals surface area contributed by atoms with E-state index in [-0.39, 0.29) is 34.5 Å². The third-order valence-electron chi connectivity index (χ3n) is 1.94. The van der Waals surface area contributed by atoms with Crippen molar-refractivity contribution >= 4 is 34.9 Å². The Balaban J connectivity index is 3.20. The lowest BCUT2D eigenvalue weighted by Gasteiger charge is -2.11. The van der Waals surface area contributed by atoms with Gasteiger partial charge in [0.15, 0.2) is 0 Å². The first-order valence-corrected chi connectivity index (χ1v) is 5.37. The van der Waals surface area contributed by atoms with Crippen LogP contribution in [0.4, 0.5) is 11.4 Å². The second-order valence-electron chi connectivity index (χ2n) is 3.32. The Kier molecular flexibility index (Phi) is 4.34. The molecule has 0 heterocycles. The summed E-state index contributed by atoms with van der Waals surface area (Å²) in [5.41, 5.74) is 6.33. The Morgan fingerprint density at radius 3 is 2.65 bits per heavy atom. The Morgan fingerprint density at radius 2 is 2.12 bits per heavy atom. The fourth-order valence-electron chi connectivity index (χ4n) is 1.26. The summed E-state index contributed by atoms with van der Waals surface area (Å²) in [6.45, 7) is 3.26. The van der Waals surface area contributed by atoms with Crippen LogP contribution in [-0.4, -0.2) is 18.5 Å². The van der Waals surface area contributed by atoms with Crippen LogP contribution in [0.3, 0.4) is 0 Å². The molecule has 0 saturated carbocycles. The first-order valence-electron chi connectivity index (χ1n) is 4.99. The molecular formula is C11H13ClN2O3. The molecule has 1 amide bonds. The van der Waals surface area contributed by atoms with E-state index in [0.717, 1.165) is 0 Å². The number of esters is 1. The fraction of sp³-hybridized carbons (Fsp3) is 0.273. The SMILES string of the molecule is CCOC(=O)c1cc(N)c(Cl)cc1NC(C)=O. The van der Waals surface area contributed by atoms with Gasteiger partial charge in [-0.25, -0.2) is 4.79 Å². The molecule has 1 rings (SSSR count). The molecule has 3 N–H and O–H groups in total. The van der Waals surface area contributed by atoms with Crippen LogP contribution in [0.2, 0.25) is 5.02 Å². The van der Waals surface area contributed by atoms with Crippen molar-refractivity contribution in [1.29, 1.82) is 0 Å². The van der Waals surface area contributed by atoms with Gasteiger partial charge in [0.2, 0.25) is 5.91 Å². The van der Waals surface area contributed by atoms with Crippen LogP contribution < -0.4 is 11.1 Å². The van der Waals surface area contributed by atoms with E-state index in [1.165, 1.54) is 19.1 Å². The van der Waals surface area contributed by atoms with Crippen molar-refractivity contribution in [2.75, 3.05) is 17.7 Å². The molecule has 1 aromatic rings. The average molecular weight is 257 g/mol. The summed E-state index contributed by atoms with van der Waals surface area (Å²) >= 11 is 5.82. The smallest absolute Gasteiger partial charge is 0.340 e. The van der Waals surface area contributed by atoms with E-state index in [1.54, 1.807) is 6.92 Å². The molecule has 5 nitrogen and oxygen atoms in total. The zero-order valence-corrected chi connectivity index (χ0v) is 10.3. The molecule has 0 fully saturated rings. The number of hydrogen-bond donors (Lipinski definition) is 2. The largest absolute Gasteiger partial charge is 0.462 e. The number of nitrogens with one attached hydrogen (secondary N) is 1. The lowest BCUT2D eigenvalue weighted by Crippen LogP contribution is -2.13. The van der Waals surface area contributed by atoms with E-state index in [0.29, 0.717) is 0 Å². The first-order chi connectivity index (χ1) is 7.95. The van der Waals surface area contributed by atoms with Crippen LogP contribution in [0.5, 0.6) is 0 Å². The molecule has 0 saturated heterocycles. The molecule has 17 heavy (non-hydrogen) atoms. The van der Waals surface area contributed by atoms with Crippen LogP contribution in [0.15, 0.2) is 12.1 Å². The van der Waals surface area contributed by atoms with Gasteiger partial charge in [0.1, 0.15) is 0 Å². The molecule has 6 heteroatoms. The van der Waals surface area contributed by atoms with E-state index >= 15 is 0 Å². The number of carbonyl (C=O) groups is 2. The zero-order valence-electron chi connectivity index (χ0n) is 9.54. The number of carbonyl (C=O) groups excluding carboxylic acids is 2. The summed E-state index contributed by atoms with van der Waals surface area (Å²) in [5, 5.41) is 2.77. The highest BCUT2D eigenvalue weighted by molar-refractivity contribution is 6.33. The van der Waals surface area contributed by atoms with Gasteiger partial charge in [0, 0.05) is 6.92 Å². The number of nitrogens with two attached hydrogens (primary N) is 1. The molecule has 0 aliphatic rings. The monoisotopic (exact) mass is 256 g/mol. The van der Waals surface area contributed by atoms with Crippen molar-refractivity contribution in [3.05, 3.63) is 22.7 Å². The minimum atomic E-state index is -0.556. The minimum Gasteiger partial charge on any atom is -0.462 e. The Hall–Kier alpha value is -1.75. The molecule has 0 aromatic heterocycles. The van der Waals surface area contributed by atoms with Crippen LogP contribution in [0.1, 0.15) is 24.2 Å². The maximum absolute atomic E-state index is 11.6. The average Bonchev–Trinajstić information content (AvgIpc) is 2.22. The number of hydrogen-bond acceptors (Lipinski definition) is 4. The molecule has 0 spiro atoms. The molecule has 0 aliphatic heterocycles. The summed E-state index contributed by atoms with van der Waals surface area (Å²) in [6.07, 6.45) is 0. The summed E-state index contributed by atoms with van der Waals surface area (Å²) < 4.78 is 4.86. The van der Waals surface area contributed by atoms with Crippen molar-refractivity contribution in [1.82, 2.24) is 0 Å². The molecular weight excluding hydrogens is 244 g/mol. The number of amides is 1. The molecule has 1 aromatic carbocycles. The molecule has 0 unspecified atom stereocenters. The van der Waals surface area contributed by atoms with Crippen molar-refractivity contribution in [3.8, 4) is 0 Å². The van der Waals surface area contributed by atoms with Gasteiger partial charge in [0.25, 0.3) is 0 Å². The maximum atomic E-state index is 11.6. The van der Waals surface area contributed by atoms with E-state index < -0.39 is 5.97 Å². The van der Waals surface area contributed by atoms with Crippen molar-refractivity contribution in [3.63, 3.8) is 0 Å². The van der Waals surface area contributed by atoms with Crippen LogP contribution in [-0.2, 0) is 9.53 Å². The second kappa shape index (κ2) is 5.54. The van der Waals surface area contributed by atoms with Gasteiger partial charge < -0.3 is 15.8 Å². The van der Waals surface area contributed by atoms with E-state index in [9.17, 15) is 9.59 Å². The molecule has 0 aliphatic carbocycles. The number of halogens is 1. The zero-order chi connectivity index (χ0) is 13.0. The number of anilines is 2. The highest BCUT2D eigenvalue weighted by Crippen LogP contribution is 2.27. The van der Waals surface area contributed by atoms with Crippen molar-refractivity contribution in [2.45, 2.75) is 13.8 Å². The fourth-order valence-corrected chi connectivity index (χ4v) is 1.42. The van der Waals surface area contributed by atoms with Gasteiger partial charge in [-0.05, 0) is 19.1 Å². The van der Waals surface area contributed by atoms with Gasteiger partial charge in [-0.2, -0.15) is 0 Å². The molecule has 92 valence electrons. The topological polar surface area (TPSA) is 81.4 Å². The van der Waals surface area contributed by atoms with Gasteiger partial charge in [0.05, 0.1) is 28.6 Å². The minimum absolute atomic E-state index is 0.184. The predicted octanol–water partition coefficient (Wildman–Crippen LogP) is 2.06. The molecule has 0 bridgehead atoms. The lowest BCUT2D eigenvalue weighted by atomic mass is 10.1. The maximum Gasteiger partial charge on any atom is 0.340 e. The summed E-state index contributed by atoms with van der Waals surface area (Å²) in [5.74, 6) is -0.865. The first kappa shape index (κ1) is 13.3. The van der Waals surface area contributed by atoms with E-state index in [1.807, 2.05) is 0 Å². The quantitative estimate of drug-likeness (QED) is 0.641. The van der Waals surface area contributed by atoms with Crippen molar-refractivity contribution < 1.29 is 14.3 Å². The summed E-state index contributed by atoms with van der Waals surface area (Å²) in [4.78, 5) is 22.6. The van der Waals surface area contributed by atoms with Gasteiger partial charge in [-0.15, -0.1) is 0 Å². The number of benzene rings is 1.